The summed E-state index contributed by atoms with van der Waals surface area (Å²) in [6.07, 6.45) is 7.44. The second kappa shape index (κ2) is 4.59. The Hall–Kier alpha value is -1.84. The Morgan fingerprint density at radius 3 is 2.67 bits per heavy atom. The molecule has 2 heteroatoms. The zero-order valence-corrected chi connectivity index (χ0v) is 8.95. The van der Waals surface area contributed by atoms with Gasteiger partial charge in [-0.2, -0.15) is 4.99 Å². The SMILES string of the molecule is C#CCc1ccccc1C(C)(C)N=C=O. The van der Waals surface area contributed by atoms with Gasteiger partial charge in [0.05, 0.1) is 5.54 Å². The fourth-order valence-corrected chi connectivity index (χ4v) is 1.56. The van der Waals surface area contributed by atoms with Crippen molar-refractivity contribution in [2.75, 3.05) is 0 Å². The molecule has 0 aliphatic heterocycles. The first kappa shape index (κ1) is 11.2. The molecule has 0 N–H and O–H groups in total. The third-order valence-corrected chi connectivity index (χ3v) is 2.29. The normalized spacial score (nSPS) is 10.2. The number of rotatable bonds is 3. The second-order valence-corrected chi connectivity index (χ2v) is 3.80. The number of hydrogen-bond acceptors (Lipinski definition) is 2. The maximum absolute atomic E-state index is 10.3. The maximum Gasteiger partial charge on any atom is 0.235 e. The molecule has 0 saturated heterocycles. The highest BCUT2D eigenvalue weighted by atomic mass is 16.1. The number of nitrogens with zero attached hydrogens (tertiary/aromatic N) is 1. The lowest BCUT2D eigenvalue weighted by Gasteiger charge is -2.20. The van der Waals surface area contributed by atoms with Crippen molar-refractivity contribution in [3.05, 3.63) is 35.4 Å². The minimum Gasteiger partial charge on any atom is -0.211 e. The summed E-state index contributed by atoms with van der Waals surface area (Å²) < 4.78 is 0. The van der Waals surface area contributed by atoms with Crippen LogP contribution in [0.4, 0.5) is 0 Å². The molecule has 76 valence electrons. The third-order valence-electron chi connectivity index (χ3n) is 2.29. The van der Waals surface area contributed by atoms with Gasteiger partial charge in [-0.15, -0.1) is 12.3 Å². The van der Waals surface area contributed by atoms with E-state index in [1.54, 1.807) is 6.08 Å². The summed E-state index contributed by atoms with van der Waals surface area (Å²) in [6.45, 7) is 3.74. The van der Waals surface area contributed by atoms with Gasteiger partial charge in [-0.3, -0.25) is 0 Å². The molecule has 0 atom stereocenters. The molecule has 1 rings (SSSR count). The van der Waals surface area contributed by atoms with Crippen LogP contribution in [0.3, 0.4) is 0 Å². The number of benzene rings is 1. The van der Waals surface area contributed by atoms with Gasteiger partial charge in [0.15, 0.2) is 0 Å². The van der Waals surface area contributed by atoms with E-state index in [2.05, 4.69) is 10.9 Å². The molecule has 0 aromatic heterocycles. The zero-order chi connectivity index (χ0) is 11.3. The molecular weight excluding hydrogens is 186 g/mol. The molecule has 1 aromatic rings. The number of aliphatic imine (C=N–C) groups is 1. The third kappa shape index (κ3) is 2.56. The van der Waals surface area contributed by atoms with Crippen molar-refractivity contribution >= 4 is 6.08 Å². The molecule has 15 heavy (non-hydrogen) atoms. The van der Waals surface area contributed by atoms with Crippen molar-refractivity contribution < 1.29 is 4.79 Å². The van der Waals surface area contributed by atoms with Crippen LogP contribution in [0.25, 0.3) is 0 Å². The van der Waals surface area contributed by atoms with Crippen LogP contribution in [0.1, 0.15) is 25.0 Å². The van der Waals surface area contributed by atoms with E-state index in [1.807, 2.05) is 38.1 Å². The minimum atomic E-state index is -0.560. The zero-order valence-electron chi connectivity index (χ0n) is 8.95. The molecule has 0 bridgehead atoms. The molecule has 0 radical (unpaired) electrons. The number of isocyanates is 1. The largest absolute Gasteiger partial charge is 0.235 e. The van der Waals surface area contributed by atoms with E-state index in [1.165, 1.54) is 0 Å². The van der Waals surface area contributed by atoms with Crippen LogP contribution in [-0.2, 0) is 16.8 Å². The van der Waals surface area contributed by atoms with Gasteiger partial charge in [0.1, 0.15) is 0 Å². The van der Waals surface area contributed by atoms with Crippen LogP contribution in [0.2, 0.25) is 0 Å². The van der Waals surface area contributed by atoms with Gasteiger partial charge in [-0.05, 0) is 25.0 Å². The van der Waals surface area contributed by atoms with Crippen molar-refractivity contribution in [2.24, 2.45) is 4.99 Å². The Morgan fingerprint density at radius 2 is 2.07 bits per heavy atom. The first-order valence-corrected chi connectivity index (χ1v) is 4.72. The molecule has 0 unspecified atom stereocenters. The summed E-state index contributed by atoms with van der Waals surface area (Å²) in [4.78, 5) is 14.1. The molecule has 1 aromatic carbocycles. The summed E-state index contributed by atoms with van der Waals surface area (Å²) in [6, 6.07) is 7.74. The highest BCUT2D eigenvalue weighted by molar-refractivity contribution is 5.41. The van der Waals surface area contributed by atoms with Gasteiger partial charge in [0.2, 0.25) is 6.08 Å². The van der Waals surface area contributed by atoms with E-state index in [9.17, 15) is 4.79 Å². The number of hydrogen-bond donors (Lipinski definition) is 0. The van der Waals surface area contributed by atoms with Gasteiger partial charge >= 0.3 is 0 Å². The van der Waals surface area contributed by atoms with Crippen molar-refractivity contribution in [1.82, 2.24) is 0 Å². The Labute approximate surface area is 90.0 Å². The van der Waals surface area contributed by atoms with Crippen LogP contribution in [0, 0.1) is 12.3 Å². The van der Waals surface area contributed by atoms with Crippen LogP contribution in [0.5, 0.6) is 0 Å². The van der Waals surface area contributed by atoms with E-state index in [4.69, 9.17) is 6.42 Å². The Kier molecular flexibility index (Phi) is 3.44. The predicted molar refractivity (Wildman–Crippen MR) is 60.1 cm³/mol. The molecule has 0 amide bonds. The van der Waals surface area contributed by atoms with Gasteiger partial charge < -0.3 is 0 Å². The predicted octanol–water partition coefficient (Wildman–Crippen LogP) is 2.43. The standard InChI is InChI=1S/C13H13NO/c1-4-7-11-8-5-6-9-12(11)13(2,3)14-10-15/h1,5-6,8-9H,7H2,2-3H3. The molecule has 0 spiro atoms. The van der Waals surface area contributed by atoms with Gasteiger partial charge in [0, 0.05) is 6.42 Å². The quantitative estimate of drug-likeness (QED) is 0.417. The Balaban J connectivity index is 3.24. The first-order valence-electron chi connectivity index (χ1n) is 4.72. The highest BCUT2D eigenvalue weighted by Gasteiger charge is 2.21. The molecule has 0 saturated carbocycles. The lowest BCUT2D eigenvalue weighted by molar-refractivity contribution is 0.520. The fraction of sp³-hybridized carbons (Fsp3) is 0.308. The topological polar surface area (TPSA) is 29.4 Å². The van der Waals surface area contributed by atoms with Gasteiger partial charge in [0.25, 0.3) is 0 Å². The van der Waals surface area contributed by atoms with Crippen molar-refractivity contribution in [2.45, 2.75) is 25.8 Å². The lowest BCUT2D eigenvalue weighted by atomic mass is 9.89. The molecular formula is C13H13NO. The fourth-order valence-electron chi connectivity index (χ4n) is 1.56. The summed E-state index contributed by atoms with van der Waals surface area (Å²) in [5, 5.41) is 0. The van der Waals surface area contributed by atoms with E-state index in [0.29, 0.717) is 6.42 Å². The average Bonchev–Trinajstić information content (AvgIpc) is 2.19. The maximum atomic E-state index is 10.3. The summed E-state index contributed by atoms with van der Waals surface area (Å²) in [5.41, 5.74) is 1.45. The number of terminal acetylenes is 1. The van der Waals surface area contributed by atoms with E-state index in [0.717, 1.165) is 11.1 Å². The highest BCUT2D eigenvalue weighted by Crippen LogP contribution is 2.27. The Morgan fingerprint density at radius 1 is 1.40 bits per heavy atom. The van der Waals surface area contributed by atoms with Gasteiger partial charge in [-0.25, -0.2) is 4.79 Å². The lowest BCUT2D eigenvalue weighted by Crippen LogP contribution is -2.16. The van der Waals surface area contributed by atoms with Crippen molar-refractivity contribution in [1.29, 1.82) is 0 Å². The molecule has 0 aliphatic carbocycles. The van der Waals surface area contributed by atoms with Gasteiger partial charge in [-0.1, -0.05) is 24.3 Å². The van der Waals surface area contributed by atoms with Crippen molar-refractivity contribution in [3.8, 4) is 12.3 Å². The monoisotopic (exact) mass is 199 g/mol. The van der Waals surface area contributed by atoms with Crippen LogP contribution in [0.15, 0.2) is 29.3 Å². The molecule has 2 nitrogen and oxygen atoms in total. The Bertz CT molecular complexity index is 434. The van der Waals surface area contributed by atoms with E-state index >= 15 is 0 Å². The van der Waals surface area contributed by atoms with E-state index in [-0.39, 0.29) is 0 Å². The first-order chi connectivity index (χ1) is 7.11. The van der Waals surface area contributed by atoms with Crippen LogP contribution < -0.4 is 0 Å². The summed E-state index contributed by atoms with van der Waals surface area (Å²) >= 11 is 0. The average molecular weight is 199 g/mol. The van der Waals surface area contributed by atoms with Crippen molar-refractivity contribution in [3.63, 3.8) is 0 Å². The number of carbonyl (C=O) groups excluding carboxylic acids is 1. The van der Waals surface area contributed by atoms with Crippen LogP contribution >= 0.6 is 0 Å². The summed E-state index contributed by atoms with van der Waals surface area (Å²) in [5.74, 6) is 2.60. The molecule has 0 fully saturated rings. The summed E-state index contributed by atoms with van der Waals surface area (Å²) in [7, 11) is 0. The smallest absolute Gasteiger partial charge is 0.211 e. The second-order valence-electron chi connectivity index (χ2n) is 3.80. The van der Waals surface area contributed by atoms with E-state index < -0.39 is 5.54 Å². The molecule has 0 heterocycles. The minimum absolute atomic E-state index is 0.550. The molecule has 0 aliphatic rings. The van der Waals surface area contributed by atoms with Crippen LogP contribution in [-0.4, -0.2) is 6.08 Å².